The van der Waals surface area contributed by atoms with Crippen LogP contribution in [0.4, 0.5) is 0 Å². The quantitative estimate of drug-likeness (QED) is 0.197. The molecule has 0 aromatic carbocycles. The molecule has 0 aromatic rings. The van der Waals surface area contributed by atoms with Crippen LogP contribution < -0.4 is 5.32 Å². The van der Waals surface area contributed by atoms with Gasteiger partial charge < -0.3 is 15.3 Å². The standard InChI is InChI=1S/C32H60N2O5S/c1-21(2)29(39-40(36,37)38)12-9-22(3)25-10-11-26-30-27(14-16-32(25,26)5)31(4)15-13-24(19-23(31)20-28(30)35)33-17-8-18-34(6)7/h21-30,33,35H,8-20H2,1-7H3,(H,36,37,38)/t22-,23-,24+,25-,26?,27?,28-,29-,30?,31+,32-/m1/s1. The van der Waals surface area contributed by atoms with Crippen molar-refractivity contribution in [3.05, 3.63) is 0 Å². The number of aliphatic hydroxyl groups excluding tert-OH is 1. The third-order valence-corrected chi connectivity index (χ3v) is 13.0. The first kappa shape index (κ1) is 32.7. The maximum Gasteiger partial charge on any atom is 0.397 e. The van der Waals surface area contributed by atoms with Crippen LogP contribution in [0.5, 0.6) is 0 Å². The van der Waals surface area contributed by atoms with E-state index in [1.54, 1.807) is 0 Å². The van der Waals surface area contributed by atoms with E-state index in [9.17, 15) is 18.1 Å². The molecule has 11 atom stereocenters. The largest absolute Gasteiger partial charge is 0.397 e. The molecular formula is C32H60N2O5S. The van der Waals surface area contributed by atoms with Crippen molar-refractivity contribution in [2.75, 3.05) is 27.2 Å². The van der Waals surface area contributed by atoms with Crippen LogP contribution in [0.25, 0.3) is 0 Å². The smallest absolute Gasteiger partial charge is 0.393 e. The van der Waals surface area contributed by atoms with Gasteiger partial charge in [0.05, 0.1) is 12.2 Å². The Kier molecular flexibility index (Phi) is 10.4. The van der Waals surface area contributed by atoms with Crippen LogP contribution in [-0.4, -0.2) is 68.4 Å². The first-order valence-corrected chi connectivity index (χ1v) is 17.7. The lowest BCUT2D eigenvalue weighted by atomic mass is 9.43. The Bertz CT molecular complexity index is 944. The predicted molar refractivity (Wildman–Crippen MR) is 161 cm³/mol. The molecule has 0 heterocycles. The number of fused-ring (bicyclic) bond motifs is 5. The average Bonchev–Trinajstić information content (AvgIpc) is 3.21. The van der Waals surface area contributed by atoms with Gasteiger partial charge in [-0.1, -0.05) is 34.6 Å². The minimum Gasteiger partial charge on any atom is -0.393 e. The second kappa shape index (κ2) is 12.8. The van der Waals surface area contributed by atoms with Crippen molar-refractivity contribution in [2.45, 2.75) is 123 Å². The van der Waals surface area contributed by atoms with E-state index in [4.69, 9.17) is 4.18 Å². The Morgan fingerprint density at radius 2 is 1.65 bits per heavy atom. The van der Waals surface area contributed by atoms with Crippen molar-refractivity contribution in [1.82, 2.24) is 10.2 Å². The Balaban J connectivity index is 1.39. The summed E-state index contributed by atoms with van der Waals surface area (Å²) in [5.41, 5.74) is 0.571. The monoisotopic (exact) mass is 584 g/mol. The number of aliphatic hydroxyl groups is 1. The van der Waals surface area contributed by atoms with Gasteiger partial charge in [0.1, 0.15) is 0 Å². The summed E-state index contributed by atoms with van der Waals surface area (Å²) in [6, 6.07) is 0.592. The summed E-state index contributed by atoms with van der Waals surface area (Å²) in [5.74, 6) is 3.27. The molecule has 7 nitrogen and oxygen atoms in total. The summed E-state index contributed by atoms with van der Waals surface area (Å²) in [5, 5.41) is 15.6. The molecule has 4 saturated carbocycles. The zero-order valence-electron chi connectivity index (χ0n) is 26.4. The highest BCUT2D eigenvalue weighted by Gasteiger charge is 2.62. The SMILES string of the molecule is CC(C)[C@@H](CC[C@@H](C)[C@H]1CCC2C3C(CC[C@@]21C)[C@@]1(C)CC[C@H](NCCCN(C)C)C[C@@H]1C[C@H]3O)OS(=O)(=O)O. The summed E-state index contributed by atoms with van der Waals surface area (Å²) in [6.45, 7) is 13.5. The molecule has 3 unspecified atom stereocenters. The number of nitrogens with zero attached hydrogens (tertiary/aromatic N) is 1. The summed E-state index contributed by atoms with van der Waals surface area (Å²) in [7, 11) is -0.172. The zero-order chi connectivity index (χ0) is 29.5. The maximum absolute atomic E-state index is 11.7. The van der Waals surface area contributed by atoms with Gasteiger partial charge in [0.2, 0.25) is 0 Å². The average molecular weight is 585 g/mol. The van der Waals surface area contributed by atoms with Gasteiger partial charge in [-0.3, -0.25) is 4.55 Å². The fourth-order valence-corrected chi connectivity index (χ4v) is 11.0. The fourth-order valence-electron chi connectivity index (χ4n) is 10.4. The van der Waals surface area contributed by atoms with Gasteiger partial charge >= 0.3 is 10.4 Å². The molecule has 4 aliphatic rings. The van der Waals surface area contributed by atoms with E-state index >= 15 is 0 Å². The van der Waals surface area contributed by atoms with Crippen molar-refractivity contribution in [1.29, 1.82) is 0 Å². The Morgan fingerprint density at radius 3 is 2.30 bits per heavy atom. The minimum absolute atomic E-state index is 0.0193. The summed E-state index contributed by atoms with van der Waals surface area (Å²) in [6.07, 6.45) is 11.6. The van der Waals surface area contributed by atoms with Crippen LogP contribution in [0, 0.1) is 52.3 Å². The molecule has 0 bridgehead atoms. The highest BCUT2D eigenvalue weighted by atomic mass is 32.3. The maximum atomic E-state index is 11.7. The van der Waals surface area contributed by atoms with E-state index in [2.05, 4.69) is 45.1 Å². The summed E-state index contributed by atoms with van der Waals surface area (Å²) < 4.78 is 37.0. The normalized spacial score (nSPS) is 41.4. The molecule has 4 rings (SSSR count). The molecule has 0 saturated heterocycles. The molecule has 234 valence electrons. The highest BCUT2D eigenvalue weighted by molar-refractivity contribution is 7.80. The molecule has 0 radical (unpaired) electrons. The first-order chi connectivity index (χ1) is 18.7. The first-order valence-electron chi connectivity index (χ1n) is 16.4. The van der Waals surface area contributed by atoms with E-state index in [-0.39, 0.29) is 17.4 Å². The fraction of sp³-hybridized carbons (Fsp3) is 1.00. The molecular weight excluding hydrogens is 524 g/mol. The second-order valence-corrected chi connectivity index (χ2v) is 16.5. The van der Waals surface area contributed by atoms with Crippen LogP contribution in [0.15, 0.2) is 0 Å². The van der Waals surface area contributed by atoms with Crippen LogP contribution in [0.2, 0.25) is 0 Å². The topological polar surface area (TPSA) is 99.1 Å². The molecule has 0 spiro atoms. The molecule has 8 heteroatoms. The Hall–Kier alpha value is -0.250. The number of hydrogen-bond donors (Lipinski definition) is 3. The second-order valence-electron chi connectivity index (χ2n) is 15.5. The van der Waals surface area contributed by atoms with Crippen molar-refractivity contribution in [3.63, 3.8) is 0 Å². The third-order valence-electron chi connectivity index (χ3n) is 12.6. The van der Waals surface area contributed by atoms with Crippen LogP contribution in [0.1, 0.15) is 105 Å². The number of hydrogen-bond acceptors (Lipinski definition) is 6. The van der Waals surface area contributed by atoms with Crippen molar-refractivity contribution >= 4 is 10.4 Å². The lowest BCUT2D eigenvalue weighted by Gasteiger charge is -2.62. The van der Waals surface area contributed by atoms with Crippen LogP contribution in [-0.2, 0) is 14.6 Å². The molecule has 0 aliphatic heterocycles. The molecule has 4 aliphatic carbocycles. The molecule has 0 amide bonds. The van der Waals surface area contributed by atoms with Gasteiger partial charge in [-0.2, -0.15) is 8.42 Å². The van der Waals surface area contributed by atoms with Gasteiger partial charge in [0, 0.05) is 6.04 Å². The summed E-state index contributed by atoms with van der Waals surface area (Å²) >= 11 is 0. The van der Waals surface area contributed by atoms with Gasteiger partial charge in [0.15, 0.2) is 0 Å². The highest BCUT2D eigenvalue weighted by Crippen LogP contribution is 2.68. The number of rotatable bonds is 12. The van der Waals surface area contributed by atoms with E-state index in [0.717, 1.165) is 25.9 Å². The van der Waals surface area contributed by atoms with E-state index in [0.29, 0.717) is 53.4 Å². The van der Waals surface area contributed by atoms with Gasteiger partial charge in [0.25, 0.3) is 0 Å². The van der Waals surface area contributed by atoms with E-state index in [1.165, 1.54) is 51.4 Å². The van der Waals surface area contributed by atoms with Crippen molar-refractivity contribution < 1.29 is 22.3 Å². The Morgan fingerprint density at radius 1 is 0.975 bits per heavy atom. The van der Waals surface area contributed by atoms with Crippen molar-refractivity contribution in [2.24, 2.45) is 52.3 Å². The minimum atomic E-state index is -4.45. The molecule has 40 heavy (non-hydrogen) atoms. The lowest BCUT2D eigenvalue weighted by molar-refractivity contribution is -0.167. The molecule has 3 N–H and O–H groups in total. The van der Waals surface area contributed by atoms with Crippen molar-refractivity contribution in [3.8, 4) is 0 Å². The molecule has 0 aromatic heterocycles. The zero-order valence-corrected chi connectivity index (χ0v) is 27.3. The van der Waals surface area contributed by atoms with Crippen LogP contribution in [0.3, 0.4) is 0 Å². The van der Waals surface area contributed by atoms with E-state index in [1.807, 2.05) is 13.8 Å². The van der Waals surface area contributed by atoms with Gasteiger partial charge in [-0.25, -0.2) is 4.18 Å². The third kappa shape index (κ3) is 6.93. The number of nitrogens with one attached hydrogen (secondary N) is 1. The summed E-state index contributed by atoms with van der Waals surface area (Å²) in [4.78, 5) is 2.25. The predicted octanol–water partition coefficient (Wildman–Crippen LogP) is 5.79. The lowest BCUT2D eigenvalue weighted by Crippen LogP contribution is -2.59. The van der Waals surface area contributed by atoms with Gasteiger partial charge in [-0.05, 0) is 150 Å². The molecule has 4 fully saturated rings. The van der Waals surface area contributed by atoms with Gasteiger partial charge in [-0.15, -0.1) is 0 Å². The van der Waals surface area contributed by atoms with E-state index < -0.39 is 16.5 Å². The Labute approximate surface area is 245 Å². The van der Waals surface area contributed by atoms with Crippen LogP contribution >= 0.6 is 0 Å².